The Kier molecular flexibility index (Phi) is 10.7. The predicted molar refractivity (Wildman–Crippen MR) is 155 cm³/mol. The Hall–Kier alpha value is -3.68. The number of nitrogens with zero attached hydrogens (tertiary/aromatic N) is 1. The maximum absolute atomic E-state index is 13.4. The van der Waals surface area contributed by atoms with E-state index < -0.39 is 6.04 Å². The number of carbonyl (C=O) groups is 2. The van der Waals surface area contributed by atoms with Crippen molar-refractivity contribution in [1.29, 1.82) is 0 Å². The second-order valence-corrected chi connectivity index (χ2v) is 10.3. The fraction of sp³-hybridized carbons (Fsp3) is 0.394. The van der Waals surface area contributed by atoms with Gasteiger partial charge in [0.15, 0.2) is 0 Å². The minimum absolute atomic E-state index is 0.00942. The number of carbonyl (C=O) groups excluding carboxylic acids is 2. The van der Waals surface area contributed by atoms with Gasteiger partial charge in [-0.1, -0.05) is 79.6 Å². The Bertz CT molecular complexity index is 1230. The maximum atomic E-state index is 13.4. The molecule has 1 aliphatic carbocycles. The molecule has 2 amide bonds. The van der Waals surface area contributed by atoms with Crippen LogP contribution in [0.2, 0.25) is 0 Å². The van der Waals surface area contributed by atoms with Crippen LogP contribution in [0.25, 0.3) is 0 Å². The Morgan fingerprint density at radius 1 is 0.950 bits per heavy atom. The fourth-order valence-corrected chi connectivity index (χ4v) is 5.58. The third kappa shape index (κ3) is 7.29. The van der Waals surface area contributed by atoms with E-state index in [9.17, 15) is 14.7 Å². The molecule has 0 saturated heterocycles. The molecule has 3 atom stereocenters. The van der Waals surface area contributed by atoms with Crippen molar-refractivity contribution in [2.45, 2.75) is 44.2 Å². The summed E-state index contributed by atoms with van der Waals surface area (Å²) in [6.07, 6.45) is 3.86. The van der Waals surface area contributed by atoms with E-state index in [1.54, 1.807) is 31.3 Å². The number of amides is 2. The van der Waals surface area contributed by atoms with Crippen molar-refractivity contribution in [3.8, 4) is 5.75 Å². The number of rotatable bonds is 12. The number of para-hydroxylation sites is 1. The Morgan fingerprint density at radius 2 is 1.65 bits per heavy atom. The van der Waals surface area contributed by atoms with Gasteiger partial charge in [0.1, 0.15) is 5.75 Å². The lowest BCUT2D eigenvalue weighted by atomic mass is 9.74. The molecule has 40 heavy (non-hydrogen) atoms. The van der Waals surface area contributed by atoms with Gasteiger partial charge < -0.3 is 24.8 Å². The smallest absolute Gasteiger partial charge is 0.257 e. The van der Waals surface area contributed by atoms with Crippen LogP contribution in [0.15, 0.2) is 78.9 Å². The van der Waals surface area contributed by atoms with Crippen LogP contribution < -0.4 is 10.1 Å². The summed E-state index contributed by atoms with van der Waals surface area (Å²) in [6, 6.07) is 24.7. The van der Waals surface area contributed by atoms with Crippen molar-refractivity contribution in [2.75, 3.05) is 34.0 Å². The highest BCUT2D eigenvalue weighted by molar-refractivity contribution is 5.97. The van der Waals surface area contributed by atoms with Crippen LogP contribution in [0.5, 0.6) is 5.75 Å². The summed E-state index contributed by atoms with van der Waals surface area (Å²) in [5, 5.41) is 13.0. The van der Waals surface area contributed by atoms with E-state index in [4.69, 9.17) is 9.47 Å². The number of benzene rings is 3. The van der Waals surface area contributed by atoms with Crippen LogP contribution in [0, 0.1) is 5.92 Å². The summed E-state index contributed by atoms with van der Waals surface area (Å²) in [5.41, 5.74) is 3.55. The minimum Gasteiger partial charge on any atom is -0.496 e. The summed E-state index contributed by atoms with van der Waals surface area (Å²) in [6.45, 7) is 1.17. The van der Waals surface area contributed by atoms with Crippen molar-refractivity contribution in [3.05, 3.63) is 101 Å². The first-order valence-corrected chi connectivity index (χ1v) is 14.0. The highest BCUT2D eigenvalue weighted by Crippen LogP contribution is 2.38. The summed E-state index contributed by atoms with van der Waals surface area (Å²) >= 11 is 0. The van der Waals surface area contributed by atoms with E-state index in [1.165, 1.54) is 0 Å². The molecular weight excluding hydrogens is 504 g/mol. The number of aliphatic hydroxyl groups excluding tert-OH is 1. The van der Waals surface area contributed by atoms with Crippen LogP contribution >= 0.6 is 0 Å². The first-order chi connectivity index (χ1) is 19.5. The molecular formula is C33H40N2O5. The van der Waals surface area contributed by atoms with Crippen molar-refractivity contribution in [3.63, 3.8) is 0 Å². The van der Waals surface area contributed by atoms with E-state index in [2.05, 4.69) is 29.6 Å². The zero-order valence-corrected chi connectivity index (χ0v) is 23.4. The normalized spacial score (nSPS) is 17.6. The number of hydrogen-bond acceptors (Lipinski definition) is 5. The van der Waals surface area contributed by atoms with Crippen molar-refractivity contribution in [1.82, 2.24) is 10.2 Å². The molecule has 2 N–H and O–H groups in total. The third-order valence-corrected chi connectivity index (χ3v) is 7.77. The average Bonchev–Trinajstić information content (AvgIpc) is 3.02. The van der Waals surface area contributed by atoms with Gasteiger partial charge in [0, 0.05) is 26.1 Å². The van der Waals surface area contributed by atoms with Gasteiger partial charge in [-0.15, -0.1) is 0 Å². The molecule has 3 aromatic rings. The van der Waals surface area contributed by atoms with Crippen LogP contribution in [0.1, 0.15) is 64.7 Å². The van der Waals surface area contributed by atoms with Gasteiger partial charge >= 0.3 is 0 Å². The van der Waals surface area contributed by atoms with Gasteiger partial charge in [-0.3, -0.25) is 9.59 Å². The number of ether oxygens (including phenoxy) is 2. The zero-order valence-electron chi connectivity index (χ0n) is 23.4. The molecule has 0 aromatic heterocycles. The molecule has 1 saturated carbocycles. The monoisotopic (exact) mass is 544 g/mol. The standard InChI is InChI=1S/C33H40N2O5/c1-39-21-20-35(33(38)29-14-8-9-15-31(29)40-2)22-24-16-18-25(19-17-24)27-12-6-7-13-28(27)32(37)34-30(23-36)26-10-4-3-5-11-26/h3-5,8-11,14-19,27-28,30,36H,6-7,12-13,20-23H2,1-2H3,(H,34,37). The van der Waals surface area contributed by atoms with E-state index in [-0.39, 0.29) is 30.3 Å². The van der Waals surface area contributed by atoms with Crippen LogP contribution in [-0.2, 0) is 16.1 Å². The quantitative estimate of drug-likeness (QED) is 0.331. The van der Waals surface area contributed by atoms with E-state index in [0.29, 0.717) is 31.0 Å². The van der Waals surface area contributed by atoms with Crippen molar-refractivity contribution < 1.29 is 24.2 Å². The Balaban J connectivity index is 1.47. The van der Waals surface area contributed by atoms with E-state index >= 15 is 0 Å². The van der Waals surface area contributed by atoms with Crippen LogP contribution in [-0.4, -0.2) is 55.8 Å². The Labute approximate surface area is 237 Å². The first-order valence-electron chi connectivity index (χ1n) is 14.0. The summed E-state index contributed by atoms with van der Waals surface area (Å²) in [7, 11) is 3.19. The second kappa shape index (κ2) is 14.6. The lowest BCUT2D eigenvalue weighted by Crippen LogP contribution is -2.39. The predicted octanol–water partition coefficient (Wildman–Crippen LogP) is 5.11. The molecule has 1 fully saturated rings. The molecule has 4 rings (SSSR count). The molecule has 0 bridgehead atoms. The number of nitrogens with one attached hydrogen (secondary N) is 1. The molecule has 0 heterocycles. The third-order valence-electron chi connectivity index (χ3n) is 7.77. The van der Waals surface area contributed by atoms with E-state index in [0.717, 1.165) is 42.4 Å². The van der Waals surface area contributed by atoms with Gasteiger partial charge in [0.25, 0.3) is 5.91 Å². The average molecular weight is 545 g/mol. The molecule has 0 radical (unpaired) electrons. The molecule has 0 spiro atoms. The molecule has 3 aromatic carbocycles. The first kappa shape index (κ1) is 29.3. The molecule has 3 unspecified atom stereocenters. The highest BCUT2D eigenvalue weighted by atomic mass is 16.5. The molecule has 212 valence electrons. The molecule has 7 nitrogen and oxygen atoms in total. The zero-order chi connectivity index (χ0) is 28.3. The van der Waals surface area contributed by atoms with E-state index in [1.807, 2.05) is 42.5 Å². The minimum atomic E-state index is -0.419. The largest absolute Gasteiger partial charge is 0.496 e. The number of methoxy groups -OCH3 is 2. The van der Waals surface area contributed by atoms with Crippen molar-refractivity contribution >= 4 is 11.8 Å². The van der Waals surface area contributed by atoms with Crippen molar-refractivity contribution in [2.24, 2.45) is 5.92 Å². The van der Waals surface area contributed by atoms with Gasteiger partial charge in [-0.2, -0.15) is 0 Å². The lowest BCUT2D eigenvalue weighted by Gasteiger charge is -2.32. The molecule has 1 aliphatic rings. The summed E-state index contributed by atoms with van der Waals surface area (Å²) in [4.78, 5) is 28.6. The highest BCUT2D eigenvalue weighted by Gasteiger charge is 2.33. The van der Waals surface area contributed by atoms with Gasteiger partial charge in [0.05, 0.1) is 31.9 Å². The molecule has 7 heteroatoms. The summed E-state index contributed by atoms with van der Waals surface area (Å²) in [5.74, 6) is 0.382. The van der Waals surface area contributed by atoms with Crippen LogP contribution in [0.3, 0.4) is 0 Å². The van der Waals surface area contributed by atoms with Gasteiger partial charge in [0.2, 0.25) is 5.91 Å². The van der Waals surface area contributed by atoms with Gasteiger partial charge in [-0.05, 0) is 47.6 Å². The number of hydrogen-bond donors (Lipinski definition) is 2. The fourth-order valence-electron chi connectivity index (χ4n) is 5.58. The molecule has 0 aliphatic heterocycles. The van der Waals surface area contributed by atoms with Gasteiger partial charge in [-0.25, -0.2) is 0 Å². The Morgan fingerprint density at radius 3 is 2.35 bits per heavy atom. The number of aliphatic hydroxyl groups is 1. The second-order valence-electron chi connectivity index (χ2n) is 10.3. The SMILES string of the molecule is COCCN(Cc1ccc(C2CCCCC2C(=O)NC(CO)c2ccccc2)cc1)C(=O)c1ccccc1OC. The summed E-state index contributed by atoms with van der Waals surface area (Å²) < 4.78 is 10.7. The topological polar surface area (TPSA) is 88.1 Å². The van der Waals surface area contributed by atoms with Crippen LogP contribution in [0.4, 0.5) is 0 Å². The lowest BCUT2D eigenvalue weighted by molar-refractivity contribution is -0.127. The maximum Gasteiger partial charge on any atom is 0.257 e.